The third kappa shape index (κ3) is 39.1. The van der Waals surface area contributed by atoms with Gasteiger partial charge in [-0.3, -0.25) is 23.4 Å². The molecule has 0 aliphatic carbocycles. The molecule has 0 fully saturated rings. The lowest BCUT2D eigenvalue weighted by atomic mass is 10.1. The van der Waals surface area contributed by atoms with Crippen molar-refractivity contribution in [3.8, 4) is 0 Å². The van der Waals surface area contributed by atoms with Crippen molar-refractivity contribution in [2.75, 3.05) is 26.4 Å². The normalized spacial score (nSPS) is 14.1. The number of carbonyl (C=O) groups excluding carboxylic acids is 3. The van der Waals surface area contributed by atoms with E-state index in [4.69, 9.17) is 24.3 Å². The molecule has 11 heteroatoms. The number of esters is 2. The fraction of sp³-hybridized carbons (Fsp3) is 0.622. The summed E-state index contributed by atoms with van der Waals surface area (Å²) in [4.78, 5) is 46.5. The van der Waals surface area contributed by atoms with Crippen LogP contribution in [-0.2, 0) is 37.5 Å². The summed E-state index contributed by atoms with van der Waals surface area (Å²) in [6.45, 7) is 3.40. The quantitative estimate of drug-likeness (QED) is 0.0154. The van der Waals surface area contributed by atoms with Gasteiger partial charge in [-0.2, -0.15) is 0 Å². The van der Waals surface area contributed by atoms with Gasteiger partial charge in [0.2, 0.25) is 0 Å². The van der Waals surface area contributed by atoms with Crippen molar-refractivity contribution in [3.63, 3.8) is 0 Å². The van der Waals surface area contributed by atoms with E-state index in [1.807, 2.05) is 24.3 Å². The van der Waals surface area contributed by atoms with Crippen LogP contribution < -0.4 is 5.73 Å². The van der Waals surface area contributed by atoms with E-state index >= 15 is 0 Å². The average Bonchev–Trinajstić information content (AvgIpc) is 3.18. The van der Waals surface area contributed by atoms with E-state index in [2.05, 4.69) is 62.5 Å². The van der Waals surface area contributed by atoms with Crippen LogP contribution >= 0.6 is 7.82 Å². The topological polar surface area (TPSA) is 151 Å². The first-order valence-electron chi connectivity index (χ1n) is 21.0. The molecule has 0 spiro atoms. The molecular formula is C45H74NO9P. The third-order valence-corrected chi connectivity index (χ3v) is 9.21. The zero-order valence-electron chi connectivity index (χ0n) is 34.6. The molecule has 318 valence electrons. The highest BCUT2D eigenvalue weighted by atomic mass is 31.2. The Labute approximate surface area is 339 Å². The van der Waals surface area contributed by atoms with Gasteiger partial charge in [0.05, 0.1) is 13.2 Å². The van der Waals surface area contributed by atoms with Gasteiger partial charge in [0.15, 0.2) is 11.9 Å². The minimum absolute atomic E-state index is 0.0284. The second-order valence-electron chi connectivity index (χ2n) is 13.5. The molecule has 2 atom stereocenters. The SMILES string of the molecule is CCCCC/C=C\C/C=C\C/C=C\CCCCCCC(=O)O[C@H](COC(=O)CCC/C=C\C/C=C\C/C=C\C=C\C(=O)CCCCC)COP(=O)(O)OCCN. The van der Waals surface area contributed by atoms with Crippen LogP contribution in [0.3, 0.4) is 0 Å². The molecule has 0 rings (SSSR count). The predicted molar refractivity (Wildman–Crippen MR) is 229 cm³/mol. The van der Waals surface area contributed by atoms with Crippen LogP contribution in [0.2, 0.25) is 0 Å². The van der Waals surface area contributed by atoms with Crippen molar-refractivity contribution < 1.29 is 42.4 Å². The molecular weight excluding hydrogens is 729 g/mol. The lowest BCUT2D eigenvalue weighted by Crippen LogP contribution is -2.29. The molecule has 3 N–H and O–H groups in total. The average molecular weight is 804 g/mol. The summed E-state index contributed by atoms with van der Waals surface area (Å²) in [5.74, 6) is -0.798. The van der Waals surface area contributed by atoms with Gasteiger partial charge in [-0.25, -0.2) is 4.57 Å². The lowest BCUT2D eigenvalue weighted by molar-refractivity contribution is -0.161. The van der Waals surface area contributed by atoms with E-state index in [9.17, 15) is 23.8 Å². The third-order valence-electron chi connectivity index (χ3n) is 8.23. The number of ether oxygens (including phenoxy) is 2. The number of allylic oxidation sites excluding steroid dienone is 14. The van der Waals surface area contributed by atoms with E-state index < -0.39 is 32.5 Å². The molecule has 0 aromatic heterocycles. The second-order valence-corrected chi connectivity index (χ2v) is 15.0. The van der Waals surface area contributed by atoms with E-state index in [-0.39, 0.29) is 38.4 Å². The number of carbonyl (C=O) groups is 3. The number of hydrogen-bond acceptors (Lipinski definition) is 9. The minimum Gasteiger partial charge on any atom is -0.462 e. The van der Waals surface area contributed by atoms with Crippen LogP contribution in [0.4, 0.5) is 0 Å². The highest BCUT2D eigenvalue weighted by Gasteiger charge is 2.25. The first kappa shape index (κ1) is 52.9. The summed E-state index contributed by atoms with van der Waals surface area (Å²) in [7, 11) is -4.41. The molecule has 0 aliphatic heterocycles. The molecule has 0 amide bonds. The predicted octanol–water partition coefficient (Wildman–Crippen LogP) is 11.2. The molecule has 0 aliphatic rings. The van der Waals surface area contributed by atoms with Gasteiger partial charge >= 0.3 is 19.8 Å². The number of rotatable bonds is 38. The lowest BCUT2D eigenvalue weighted by Gasteiger charge is -2.19. The number of hydrogen-bond donors (Lipinski definition) is 2. The van der Waals surface area contributed by atoms with Gasteiger partial charge in [-0.1, -0.05) is 131 Å². The molecule has 0 radical (unpaired) electrons. The Morgan fingerprint density at radius 3 is 1.73 bits per heavy atom. The molecule has 0 aromatic carbocycles. The van der Waals surface area contributed by atoms with Crippen LogP contribution in [0.1, 0.15) is 149 Å². The molecule has 56 heavy (non-hydrogen) atoms. The van der Waals surface area contributed by atoms with Crippen molar-refractivity contribution in [2.45, 2.75) is 155 Å². The Kier molecular flexibility index (Phi) is 37.8. The summed E-state index contributed by atoms with van der Waals surface area (Å²) in [5.41, 5.74) is 5.33. The summed E-state index contributed by atoms with van der Waals surface area (Å²) in [5, 5.41) is 0. The highest BCUT2D eigenvalue weighted by molar-refractivity contribution is 7.47. The Balaban J connectivity index is 4.38. The summed E-state index contributed by atoms with van der Waals surface area (Å²) < 4.78 is 32.6. The van der Waals surface area contributed by atoms with Gasteiger partial charge in [0.1, 0.15) is 6.61 Å². The van der Waals surface area contributed by atoms with E-state index in [1.165, 1.54) is 25.7 Å². The van der Waals surface area contributed by atoms with Crippen molar-refractivity contribution in [3.05, 3.63) is 85.1 Å². The monoisotopic (exact) mass is 804 g/mol. The van der Waals surface area contributed by atoms with Crippen LogP contribution in [0.25, 0.3) is 0 Å². The zero-order valence-corrected chi connectivity index (χ0v) is 35.5. The summed E-state index contributed by atoms with van der Waals surface area (Å²) in [6.07, 6.45) is 46.0. The molecule has 0 saturated carbocycles. The standard InChI is InChI=1S/C45H74NO9P/c1-3-5-7-8-9-10-11-12-13-14-15-16-19-23-26-29-33-37-45(49)55-43(41-54-56(50,51)53-39-38-46)40-52-44(48)36-32-28-25-22-20-17-18-21-24-27-31-35-42(47)34-30-6-4-2/h9-10,12-13,15-18,22,24-25,27,31,35,43H,3-8,11,14,19-21,23,26,28-30,32-34,36-41,46H2,1-2H3,(H,50,51)/b10-9-,13-12-,16-15-,18-17-,25-22-,27-24-,35-31+/t43-/m1/s1. The Morgan fingerprint density at radius 2 is 1.11 bits per heavy atom. The largest absolute Gasteiger partial charge is 0.472 e. The van der Waals surface area contributed by atoms with Crippen molar-refractivity contribution in [1.82, 2.24) is 0 Å². The number of unbranched alkanes of at least 4 members (excludes halogenated alkanes) is 10. The van der Waals surface area contributed by atoms with Gasteiger partial charge in [-0.05, 0) is 83.1 Å². The van der Waals surface area contributed by atoms with Crippen LogP contribution in [-0.4, -0.2) is 55.1 Å². The second kappa shape index (κ2) is 40.1. The number of phosphoric acid groups is 1. The molecule has 1 unspecified atom stereocenters. The van der Waals surface area contributed by atoms with Crippen LogP contribution in [0.15, 0.2) is 85.1 Å². The summed E-state index contributed by atoms with van der Waals surface area (Å²) >= 11 is 0. The molecule has 0 aromatic rings. The zero-order chi connectivity index (χ0) is 41.2. The number of nitrogens with two attached hydrogens (primary N) is 1. The first-order chi connectivity index (χ1) is 27.2. The Bertz CT molecular complexity index is 1250. The van der Waals surface area contributed by atoms with Gasteiger partial charge in [0, 0.05) is 25.8 Å². The Morgan fingerprint density at radius 1 is 0.589 bits per heavy atom. The maximum atomic E-state index is 12.6. The molecule has 0 saturated heterocycles. The van der Waals surface area contributed by atoms with Gasteiger partial charge in [0.25, 0.3) is 0 Å². The minimum atomic E-state index is -4.41. The molecule has 0 bridgehead atoms. The van der Waals surface area contributed by atoms with Crippen LogP contribution in [0, 0.1) is 0 Å². The Hall–Kier alpha value is -3.14. The fourth-order valence-electron chi connectivity index (χ4n) is 5.06. The van der Waals surface area contributed by atoms with E-state index in [0.717, 1.165) is 70.6 Å². The van der Waals surface area contributed by atoms with Crippen LogP contribution in [0.5, 0.6) is 0 Å². The first-order valence-corrected chi connectivity index (χ1v) is 22.5. The number of phosphoric ester groups is 1. The maximum absolute atomic E-state index is 12.6. The van der Waals surface area contributed by atoms with E-state index in [1.54, 1.807) is 12.2 Å². The van der Waals surface area contributed by atoms with Crippen molar-refractivity contribution in [1.29, 1.82) is 0 Å². The smallest absolute Gasteiger partial charge is 0.462 e. The van der Waals surface area contributed by atoms with E-state index in [0.29, 0.717) is 25.7 Å². The van der Waals surface area contributed by atoms with Gasteiger partial charge < -0.3 is 20.1 Å². The number of ketones is 1. The van der Waals surface area contributed by atoms with Gasteiger partial charge in [-0.15, -0.1) is 0 Å². The molecule has 0 heterocycles. The fourth-order valence-corrected chi connectivity index (χ4v) is 5.82. The van der Waals surface area contributed by atoms with Crippen molar-refractivity contribution >= 4 is 25.5 Å². The van der Waals surface area contributed by atoms with Crippen molar-refractivity contribution in [2.24, 2.45) is 5.73 Å². The summed E-state index contributed by atoms with van der Waals surface area (Å²) in [6, 6.07) is 0. The highest BCUT2D eigenvalue weighted by Crippen LogP contribution is 2.43. The molecule has 10 nitrogen and oxygen atoms in total. The maximum Gasteiger partial charge on any atom is 0.472 e.